The third-order valence-corrected chi connectivity index (χ3v) is 2.04. The first-order valence-corrected chi connectivity index (χ1v) is 4.98. The Kier molecular flexibility index (Phi) is 2.86. The zero-order valence-electron chi connectivity index (χ0n) is 7.02. The second-order valence-corrected chi connectivity index (χ2v) is 3.93. The quantitative estimate of drug-likeness (QED) is 0.824. The standard InChI is InChI=1S/C6H5F3N2O3S/c7-6(8,9)14-4-1-2-11-5(3-4)15(10,12)13/h1-3H,(H2,10,12,13). The Morgan fingerprint density at radius 1 is 1.40 bits per heavy atom. The second kappa shape index (κ2) is 3.66. The fraction of sp³-hybridized carbons (Fsp3) is 0.167. The number of nitrogens with zero attached hydrogens (tertiary/aromatic N) is 1. The first-order chi connectivity index (χ1) is 6.68. The second-order valence-electron chi connectivity index (χ2n) is 2.42. The minimum Gasteiger partial charge on any atom is -0.406 e. The molecular formula is C6H5F3N2O3S. The Hall–Kier alpha value is -1.35. The van der Waals surface area contributed by atoms with Gasteiger partial charge in [-0.15, -0.1) is 13.2 Å². The minimum absolute atomic E-state index is 0.586. The van der Waals surface area contributed by atoms with E-state index in [1.54, 1.807) is 0 Å². The van der Waals surface area contributed by atoms with Crippen molar-refractivity contribution in [2.75, 3.05) is 0 Å². The molecule has 0 atom stereocenters. The van der Waals surface area contributed by atoms with Gasteiger partial charge in [0.25, 0.3) is 10.0 Å². The number of sulfonamides is 1. The molecular weight excluding hydrogens is 237 g/mol. The molecule has 0 aliphatic carbocycles. The Morgan fingerprint density at radius 2 is 2.00 bits per heavy atom. The van der Waals surface area contributed by atoms with Gasteiger partial charge < -0.3 is 4.74 Å². The smallest absolute Gasteiger partial charge is 0.406 e. The summed E-state index contributed by atoms with van der Waals surface area (Å²) in [7, 11) is -4.14. The van der Waals surface area contributed by atoms with E-state index < -0.39 is 27.2 Å². The van der Waals surface area contributed by atoms with E-state index in [2.05, 4.69) is 14.9 Å². The number of aromatic nitrogens is 1. The van der Waals surface area contributed by atoms with Crippen LogP contribution in [0.15, 0.2) is 23.4 Å². The summed E-state index contributed by atoms with van der Waals surface area (Å²) in [6.07, 6.45) is -4.04. The summed E-state index contributed by atoms with van der Waals surface area (Å²) >= 11 is 0. The molecule has 84 valence electrons. The maximum absolute atomic E-state index is 11.7. The molecule has 0 radical (unpaired) electrons. The monoisotopic (exact) mass is 242 g/mol. The molecule has 1 aromatic heterocycles. The van der Waals surface area contributed by atoms with Gasteiger partial charge in [-0.05, 0) is 6.07 Å². The molecule has 0 unspecified atom stereocenters. The van der Waals surface area contributed by atoms with E-state index in [9.17, 15) is 21.6 Å². The van der Waals surface area contributed by atoms with Gasteiger partial charge >= 0.3 is 6.36 Å². The van der Waals surface area contributed by atoms with Crippen LogP contribution in [0, 0.1) is 0 Å². The molecule has 0 aliphatic rings. The molecule has 9 heteroatoms. The minimum atomic E-state index is -4.89. The molecule has 1 aromatic rings. The van der Waals surface area contributed by atoms with Crippen molar-refractivity contribution in [3.05, 3.63) is 18.3 Å². The van der Waals surface area contributed by atoms with Crippen molar-refractivity contribution in [1.82, 2.24) is 4.98 Å². The molecule has 2 N–H and O–H groups in total. The lowest BCUT2D eigenvalue weighted by molar-refractivity contribution is -0.274. The largest absolute Gasteiger partial charge is 0.573 e. The van der Waals surface area contributed by atoms with Gasteiger partial charge in [0.05, 0.1) is 0 Å². The summed E-state index contributed by atoms with van der Waals surface area (Å²) in [4.78, 5) is 3.28. The van der Waals surface area contributed by atoms with E-state index in [1.165, 1.54) is 0 Å². The Labute approximate surface area is 82.7 Å². The Morgan fingerprint density at radius 3 is 2.47 bits per heavy atom. The predicted octanol–water partition coefficient (Wildman–Crippen LogP) is 0.628. The number of pyridine rings is 1. The highest BCUT2D eigenvalue weighted by molar-refractivity contribution is 7.89. The lowest BCUT2D eigenvalue weighted by atomic mass is 10.5. The van der Waals surface area contributed by atoms with E-state index in [4.69, 9.17) is 0 Å². The third-order valence-electron chi connectivity index (χ3n) is 1.23. The van der Waals surface area contributed by atoms with Gasteiger partial charge in [0.1, 0.15) is 5.75 Å². The summed E-state index contributed by atoms with van der Waals surface area (Å²) in [5.41, 5.74) is 0. The summed E-state index contributed by atoms with van der Waals surface area (Å²) in [6.45, 7) is 0. The average Bonchev–Trinajstić information content (AvgIpc) is 1.99. The molecule has 1 rings (SSSR count). The van der Waals surface area contributed by atoms with Gasteiger partial charge in [-0.2, -0.15) is 0 Å². The molecule has 0 aromatic carbocycles. The van der Waals surface area contributed by atoms with Crippen LogP contribution in [0.2, 0.25) is 0 Å². The van der Waals surface area contributed by atoms with E-state index in [0.717, 1.165) is 12.3 Å². The van der Waals surface area contributed by atoms with E-state index in [1.807, 2.05) is 0 Å². The lowest BCUT2D eigenvalue weighted by Gasteiger charge is -2.08. The highest BCUT2D eigenvalue weighted by Gasteiger charge is 2.31. The molecule has 0 amide bonds. The van der Waals surface area contributed by atoms with Gasteiger partial charge in [0.2, 0.25) is 0 Å². The highest BCUT2D eigenvalue weighted by Crippen LogP contribution is 2.23. The number of primary sulfonamides is 1. The van der Waals surface area contributed by atoms with Crippen LogP contribution in [0.4, 0.5) is 13.2 Å². The van der Waals surface area contributed by atoms with Crippen LogP contribution >= 0.6 is 0 Å². The molecule has 5 nitrogen and oxygen atoms in total. The maximum Gasteiger partial charge on any atom is 0.573 e. The summed E-state index contributed by atoms with van der Waals surface area (Å²) in [6, 6.07) is 1.45. The van der Waals surface area contributed by atoms with Crippen LogP contribution in [0.25, 0.3) is 0 Å². The number of nitrogens with two attached hydrogens (primary N) is 1. The van der Waals surface area contributed by atoms with Crippen LogP contribution < -0.4 is 9.88 Å². The molecule has 0 saturated carbocycles. The summed E-state index contributed by atoms with van der Waals surface area (Å²) < 4.78 is 60.2. The topological polar surface area (TPSA) is 82.3 Å². The lowest BCUT2D eigenvalue weighted by Crippen LogP contribution is -2.18. The van der Waals surface area contributed by atoms with Crippen LogP contribution in [0.3, 0.4) is 0 Å². The average molecular weight is 242 g/mol. The zero-order valence-corrected chi connectivity index (χ0v) is 7.84. The molecule has 0 saturated heterocycles. The van der Waals surface area contributed by atoms with Crippen molar-refractivity contribution >= 4 is 10.0 Å². The van der Waals surface area contributed by atoms with E-state index in [0.29, 0.717) is 6.07 Å². The van der Waals surface area contributed by atoms with Crippen molar-refractivity contribution in [1.29, 1.82) is 0 Å². The normalized spacial score (nSPS) is 12.5. The number of hydrogen-bond acceptors (Lipinski definition) is 4. The van der Waals surface area contributed by atoms with Crippen LogP contribution in [-0.4, -0.2) is 19.8 Å². The van der Waals surface area contributed by atoms with Gasteiger partial charge in [-0.3, -0.25) is 0 Å². The van der Waals surface area contributed by atoms with Gasteiger partial charge in [-0.25, -0.2) is 18.5 Å². The van der Waals surface area contributed by atoms with E-state index >= 15 is 0 Å². The fourth-order valence-corrected chi connectivity index (χ4v) is 1.23. The maximum atomic E-state index is 11.7. The summed E-state index contributed by atoms with van der Waals surface area (Å²) in [5, 5.41) is 3.97. The van der Waals surface area contributed by atoms with Gasteiger partial charge in [-0.1, -0.05) is 0 Å². The molecule has 0 spiro atoms. The molecule has 0 bridgehead atoms. The van der Waals surface area contributed by atoms with Crippen molar-refractivity contribution in [3.63, 3.8) is 0 Å². The Balaban J connectivity index is 3.04. The number of alkyl halides is 3. The number of hydrogen-bond donors (Lipinski definition) is 1. The highest BCUT2D eigenvalue weighted by atomic mass is 32.2. The van der Waals surface area contributed by atoms with Crippen LogP contribution in [-0.2, 0) is 10.0 Å². The van der Waals surface area contributed by atoms with Gasteiger partial charge in [0.15, 0.2) is 5.03 Å². The molecule has 1 heterocycles. The number of rotatable bonds is 2. The van der Waals surface area contributed by atoms with Gasteiger partial charge in [0, 0.05) is 12.3 Å². The van der Waals surface area contributed by atoms with Crippen molar-refractivity contribution < 1.29 is 26.3 Å². The third kappa shape index (κ3) is 3.72. The fourth-order valence-electron chi connectivity index (χ4n) is 0.744. The van der Waals surface area contributed by atoms with Crippen LogP contribution in [0.5, 0.6) is 5.75 Å². The SMILES string of the molecule is NS(=O)(=O)c1cc(OC(F)(F)F)ccn1. The molecule has 15 heavy (non-hydrogen) atoms. The van der Waals surface area contributed by atoms with Crippen molar-refractivity contribution in [3.8, 4) is 5.75 Å². The Bertz CT molecular complexity index is 457. The predicted molar refractivity (Wildman–Crippen MR) is 42.3 cm³/mol. The molecule has 0 aliphatic heterocycles. The summed E-state index contributed by atoms with van der Waals surface area (Å²) in [5.74, 6) is -0.693. The zero-order chi connectivity index (χ0) is 11.7. The first kappa shape index (κ1) is 11.7. The molecule has 0 fully saturated rings. The van der Waals surface area contributed by atoms with Crippen LogP contribution in [0.1, 0.15) is 0 Å². The first-order valence-electron chi connectivity index (χ1n) is 3.43. The van der Waals surface area contributed by atoms with Crippen molar-refractivity contribution in [2.24, 2.45) is 5.14 Å². The van der Waals surface area contributed by atoms with Crippen molar-refractivity contribution in [2.45, 2.75) is 11.4 Å². The number of halogens is 3. The number of ether oxygens (including phenoxy) is 1. The van der Waals surface area contributed by atoms with E-state index in [-0.39, 0.29) is 0 Å².